The molecule has 14 heavy (non-hydrogen) atoms. The van der Waals surface area contributed by atoms with Gasteiger partial charge >= 0.3 is 0 Å². The summed E-state index contributed by atoms with van der Waals surface area (Å²) >= 11 is 11.8. The first-order chi connectivity index (χ1) is 6.59. The predicted octanol–water partition coefficient (Wildman–Crippen LogP) is 3.44. The summed E-state index contributed by atoms with van der Waals surface area (Å²) in [5, 5.41) is 1.26. The van der Waals surface area contributed by atoms with E-state index < -0.39 is 0 Å². The quantitative estimate of drug-likeness (QED) is 0.827. The van der Waals surface area contributed by atoms with Gasteiger partial charge in [0.25, 0.3) is 0 Å². The Morgan fingerprint density at radius 3 is 2.57 bits per heavy atom. The van der Waals surface area contributed by atoms with Crippen molar-refractivity contribution in [3.8, 4) is 0 Å². The van der Waals surface area contributed by atoms with Crippen molar-refractivity contribution in [3.63, 3.8) is 0 Å². The highest BCUT2D eigenvalue weighted by molar-refractivity contribution is 6.42. The van der Waals surface area contributed by atoms with Gasteiger partial charge in [-0.1, -0.05) is 29.3 Å². The Hall–Kier alpha value is -0.240. The molecule has 2 rings (SSSR count). The standard InChI is InChI=1S/C11H13Cl2N/c1-6(14)8-5-9(8)7-2-3-10(12)11(13)4-7/h2-4,6,8-9H,5,14H2,1H3/t6-,8-,9-/m0/s1. The van der Waals surface area contributed by atoms with Crippen LogP contribution in [-0.4, -0.2) is 6.04 Å². The second-order valence-electron chi connectivity index (χ2n) is 4.04. The van der Waals surface area contributed by atoms with Crippen molar-refractivity contribution < 1.29 is 0 Å². The van der Waals surface area contributed by atoms with Gasteiger partial charge < -0.3 is 5.73 Å². The lowest BCUT2D eigenvalue weighted by Gasteiger charge is -2.05. The first-order valence-electron chi connectivity index (χ1n) is 4.80. The Morgan fingerprint density at radius 2 is 2.07 bits per heavy atom. The van der Waals surface area contributed by atoms with Crippen molar-refractivity contribution in [3.05, 3.63) is 33.8 Å². The highest BCUT2D eigenvalue weighted by Gasteiger charge is 2.40. The van der Waals surface area contributed by atoms with E-state index in [1.807, 2.05) is 18.2 Å². The van der Waals surface area contributed by atoms with Crippen molar-refractivity contribution in [2.24, 2.45) is 11.7 Å². The molecule has 0 amide bonds. The minimum atomic E-state index is 0.273. The average Bonchev–Trinajstić information content (AvgIpc) is 2.89. The van der Waals surface area contributed by atoms with E-state index in [2.05, 4.69) is 6.92 Å². The minimum Gasteiger partial charge on any atom is -0.328 e. The molecule has 0 spiro atoms. The van der Waals surface area contributed by atoms with Crippen molar-refractivity contribution in [2.75, 3.05) is 0 Å². The largest absolute Gasteiger partial charge is 0.328 e. The van der Waals surface area contributed by atoms with Crippen LogP contribution in [0.3, 0.4) is 0 Å². The molecule has 0 aromatic heterocycles. The molecule has 1 nitrogen and oxygen atoms in total. The number of rotatable bonds is 2. The van der Waals surface area contributed by atoms with E-state index in [4.69, 9.17) is 28.9 Å². The third kappa shape index (κ3) is 1.90. The molecule has 0 saturated heterocycles. The number of benzene rings is 1. The summed E-state index contributed by atoms with van der Waals surface area (Å²) in [5.41, 5.74) is 7.10. The molecule has 1 aromatic rings. The van der Waals surface area contributed by atoms with E-state index >= 15 is 0 Å². The molecule has 0 bridgehead atoms. The molecule has 0 unspecified atom stereocenters. The SMILES string of the molecule is C[C@H](N)[C@@H]1C[C@H]1c1ccc(Cl)c(Cl)c1. The highest BCUT2D eigenvalue weighted by Crippen LogP contribution is 2.49. The third-order valence-electron chi connectivity index (χ3n) is 2.89. The molecule has 1 saturated carbocycles. The lowest BCUT2D eigenvalue weighted by atomic mass is 10.1. The first-order valence-corrected chi connectivity index (χ1v) is 5.55. The molecule has 1 aromatic carbocycles. The predicted molar refractivity (Wildman–Crippen MR) is 61.0 cm³/mol. The monoisotopic (exact) mass is 229 g/mol. The number of hydrogen-bond donors (Lipinski definition) is 1. The molecule has 0 radical (unpaired) electrons. The summed E-state index contributed by atoms with van der Waals surface area (Å²) < 4.78 is 0. The molecule has 0 aliphatic heterocycles. The highest BCUT2D eigenvalue weighted by atomic mass is 35.5. The van der Waals surface area contributed by atoms with E-state index in [0.717, 1.165) is 0 Å². The van der Waals surface area contributed by atoms with Crippen LogP contribution >= 0.6 is 23.2 Å². The van der Waals surface area contributed by atoms with Crippen LogP contribution in [0, 0.1) is 5.92 Å². The molecular weight excluding hydrogens is 217 g/mol. The summed E-state index contributed by atoms with van der Waals surface area (Å²) in [5.74, 6) is 1.21. The fourth-order valence-electron chi connectivity index (χ4n) is 1.92. The van der Waals surface area contributed by atoms with Gasteiger partial charge in [-0.3, -0.25) is 0 Å². The average molecular weight is 230 g/mol. The van der Waals surface area contributed by atoms with Crippen LogP contribution in [-0.2, 0) is 0 Å². The zero-order valence-electron chi connectivity index (χ0n) is 8.00. The van der Waals surface area contributed by atoms with Crippen molar-refractivity contribution >= 4 is 23.2 Å². The van der Waals surface area contributed by atoms with Crippen LogP contribution in [0.4, 0.5) is 0 Å². The topological polar surface area (TPSA) is 26.0 Å². The van der Waals surface area contributed by atoms with E-state index in [1.165, 1.54) is 12.0 Å². The summed E-state index contributed by atoms with van der Waals surface area (Å²) in [6, 6.07) is 6.13. The zero-order valence-corrected chi connectivity index (χ0v) is 9.52. The van der Waals surface area contributed by atoms with E-state index in [-0.39, 0.29) is 6.04 Å². The first kappa shape index (κ1) is 10.3. The van der Waals surface area contributed by atoms with Crippen LogP contribution in [0.2, 0.25) is 10.0 Å². The maximum atomic E-state index is 5.95. The normalized spacial score (nSPS) is 27.4. The Balaban J connectivity index is 2.16. The van der Waals surface area contributed by atoms with Gasteiger partial charge in [0.2, 0.25) is 0 Å². The maximum absolute atomic E-state index is 5.95. The van der Waals surface area contributed by atoms with E-state index in [0.29, 0.717) is 21.9 Å². The number of nitrogens with two attached hydrogens (primary N) is 1. The molecule has 3 heteroatoms. The molecule has 1 aliphatic carbocycles. The second-order valence-corrected chi connectivity index (χ2v) is 4.85. The minimum absolute atomic E-state index is 0.273. The Kier molecular flexibility index (Phi) is 2.74. The van der Waals surface area contributed by atoms with Gasteiger partial charge in [-0.2, -0.15) is 0 Å². The van der Waals surface area contributed by atoms with Gasteiger partial charge in [-0.25, -0.2) is 0 Å². The summed E-state index contributed by atoms with van der Waals surface area (Å²) in [7, 11) is 0. The van der Waals surface area contributed by atoms with Gasteiger partial charge in [0.1, 0.15) is 0 Å². The van der Waals surface area contributed by atoms with E-state index in [9.17, 15) is 0 Å². The van der Waals surface area contributed by atoms with Gasteiger partial charge in [0, 0.05) is 6.04 Å². The number of halogens is 2. The molecule has 3 atom stereocenters. The summed E-state index contributed by atoms with van der Waals surface area (Å²) in [6.07, 6.45) is 1.18. The molecular formula is C11H13Cl2N. The molecule has 2 N–H and O–H groups in total. The lowest BCUT2D eigenvalue weighted by molar-refractivity contribution is 0.631. The van der Waals surface area contributed by atoms with Gasteiger partial charge in [0.15, 0.2) is 0 Å². The van der Waals surface area contributed by atoms with Crippen LogP contribution in [0.15, 0.2) is 18.2 Å². The number of hydrogen-bond acceptors (Lipinski definition) is 1. The summed E-state index contributed by atoms with van der Waals surface area (Å²) in [6.45, 7) is 2.06. The van der Waals surface area contributed by atoms with Gasteiger partial charge in [0.05, 0.1) is 10.0 Å². The van der Waals surface area contributed by atoms with Gasteiger partial charge in [-0.15, -0.1) is 0 Å². The summed E-state index contributed by atoms with van der Waals surface area (Å²) in [4.78, 5) is 0. The smallest absolute Gasteiger partial charge is 0.0595 e. The lowest BCUT2D eigenvalue weighted by Crippen LogP contribution is -2.17. The van der Waals surface area contributed by atoms with Crippen molar-refractivity contribution in [1.82, 2.24) is 0 Å². The van der Waals surface area contributed by atoms with Crippen molar-refractivity contribution in [2.45, 2.75) is 25.3 Å². The van der Waals surface area contributed by atoms with Crippen LogP contribution in [0.5, 0.6) is 0 Å². The molecule has 76 valence electrons. The second kappa shape index (κ2) is 3.73. The molecule has 1 fully saturated rings. The molecule has 0 heterocycles. The fourth-order valence-corrected chi connectivity index (χ4v) is 2.23. The maximum Gasteiger partial charge on any atom is 0.0595 e. The Morgan fingerprint density at radius 1 is 1.36 bits per heavy atom. The Labute approximate surface area is 94.2 Å². The molecule has 1 aliphatic rings. The Bertz CT molecular complexity index is 349. The van der Waals surface area contributed by atoms with E-state index in [1.54, 1.807) is 0 Å². The fraction of sp³-hybridized carbons (Fsp3) is 0.455. The van der Waals surface area contributed by atoms with Crippen molar-refractivity contribution in [1.29, 1.82) is 0 Å². The van der Waals surface area contributed by atoms with Crippen LogP contribution in [0.25, 0.3) is 0 Å². The van der Waals surface area contributed by atoms with Gasteiger partial charge in [-0.05, 0) is 42.9 Å². The van der Waals surface area contributed by atoms with Crippen LogP contribution in [0.1, 0.15) is 24.8 Å². The zero-order chi connectivity index (χ0) is 10.3. The van der Waals surface area contributed by atoms with Crippen LogP contribution < -0.4 is 5.73 Å². The third-order valence-corrected chi connectivity index (χ3v) is 3.63.